The summed E-state index contributed by atoms with van der Waals surface area (Å²) in [5.74, 6) is 0.752. The molecule has 1 aliphatic carbocycles. The highest BCUT2D eigenvalue weighted by atomic mass is 16.5. The Balaban J connectivity index is 1.26. The SMILES string of the molecule is C[C@H]1COCCN1c1nc(O[C@H]2C[C@H](NC(=O)[C@H](O)c3ccccc3)C2)cc(-c2cnc(N)nc2)n1. The van der Waals surface area contributed by atoms with Gasteiger partial charge in [0, 0.05) is 49.5 Å². The Labute approximate surface area is 208 Å². The minimum absolute atomic E-state index is 0.0774. The molecule has 11 nitrogen and oxygen atoms in total. The number of rotatable bonds is 7. The third-order valence-electron chi connectivity index (χ3n) is 6.38. The number of carbonyl (C=O) groups excluding carboxylic acids is 1. The summed E-state index contributed by atoms with van der Waals surface area (Å²) in [5, 5.41) is 13.2. The maximum absolute atomic E-state index is 12.4. The summed E-state index contributed by atoms with van der Waals surface area (Å²) in [5.41, 5.74) is 7.53. The molecule has 0 spiro atoms. The first-order valence-electron chi connectivity index (χ1n) is 12.0. The topological polar surface area (TPSA) is 149 Å². The lowest BCUT2D eigenvalue weighted by atomic mass is 9.89. The van der Waals surface area contributed by atoms with Gasteiger partial charge in [-0.3, -0.25) is 4.79 Å². The van der Waals surface area contributed by atoms with Crippen LogP contribution in [0.25, 0.3) is 11.3 Å². The highest BCUT2D eigenvalue weighted by Gasteiger charge is 2.34. The van der Waals surface area contributed by atoms with Crippen molar-refractivity contribution in [2.45, 2.75) is 44.1 Å². The molecule has 2 fully saturated rings. The summed E-state index contributed by atoms with van der Waals surface area (Å²) in [6.07, 6.45) is 3.14. The van der Waals surface area contributed by atoms with Gasteiger partial charge in [-0.2, -0.15) is 4.98 Å². The minimum atomic E-state index is -1.20. The molecule has 3 heterocycles. The van der Waals surface area contributed by atoms with E-state index in [-0.39, 0.29) is 24.1 Å². The summed E-state index contributed by atoms with van der Waals surface area (Å²) in [4.78, 5) is 32.1. The van der Waals surface area contributed by atoms with Crippen LogP contribution in [-0.4, -0.2) is 68.9 Å². The third-order valence-corrected chi connectivity index (χ3v) is 6.38. The van der Waals surface area contributed by atoms with Gasteiger partial charge in [-0.25, -0.2) is 15.0 Å². The summed E-state index contributed by atoms with van der Waals surface area (Å²) in [6, 6.07) is 10.7. The standard InChI is InChI=1S/C25H29N7O4/c1-15-14-35-8-7-32(15)25-30-20(17-12-27-24(26)28-13-17)11-21(31-25)36-19-9-18(10-19)29-23(34)22(33)16-5-3-2-4-6-16/h2-6,11-13,15,18-19,22,33H,7-10,14H2,1H3,(H,29,34)(H2,26,27,28)/t15-,18-,19-,22+/m0/s1. The molecule has 4 N–H and O–H groups in total. The number of hydrogen-bond donors (Lipinski definition) is 3. The van der Waals surface area contributed by atoms with E-state index in [1.165, 1.54) is 0 Å². The molecule has 0 unspecified atom stereocenters. The quantitative estimate of drug-likeness (QED) is 0.444. The highest BCUT2D eigenvalue weighted by molar-refractivity contribution is 5.82. The van der Waals surface area contributed by atoms with Crippen LogP contribution in [0.2, 0.25) is 0 Å². The van der Waals surface area contributed by atoms with Gasteiger partial charge < -0.3 is 30.5 Å². The van der Waals surface area contributed by atoms with Crippen molar-refractivity contribution in [1.82, 2.24) is 25.3 Å². The van der Waals surface area contributed by atoms with Gasteiger partial charge in [0.25, 0.3) is 5.91 Å². The Morgan fingerprint density at radius 3 is 2.69 bits per heavy atom. The van der Waals surface area contributed by atoms with E-state index in [0.717, 1.165) is 0 Å². The summed E-state index contributed by atoms with van der Waals surface area (Å²) < 4.78 is 11.7. The van der Waals surface area contributed by atoms with Gasteiger partial charge in [-0.1, -0.05) is 30.3 Å². The van der Waals surface area contributed by atoms with Crippen LogP contribution >= 0.6 is 0 Å². The van der Waals surface area contributed by atoms with Crippen LogP contribution in [0.5, 0.6) is 5.88 Å². The van der Waals surface area contributed by atoms with E-state index in [0.29, 0.717) is 61.2 Å². The molecule has 2 aromatic heterocycles. The van der Waals surface area contributed by atoms with E-state index in [4.69, 9.17) is 20.2 Å². The molecule has 1 aliphatic heterocycles. The van der Waals surface area contributed by atoms with Gasteiger partial charge in [-0.05, 0) is 12.5 Å². The van der Waals surface area contributed by atoms with Crippen molar-refractivity contribution < 1.29 is 19.4 Å². The maximum atomic E-state index is 12.4. The van der Waals surface area contributed by atoms with Crippen molar-refractivity contribution in [1.29, 1.82) is 0 Å². The first kappa shape index (κ1) is 23.9. The molecule has 1 amide bonds. The maximum Gasteiger partial charge on any atom is 0.253 e. The van der Waals surface area contributed by atoms with Crippen LogP contribution in [0.4, 0.5) is 11.9 Å². The molecule has 2 aliphatic rings. The largest absolute Gasteiger partial charge is 0.474 e. The predicted octanol–water partition coefficient (Wildman–Crippen LogP) is 1.50. The van der Waals surface area contributed by atoms with Crippen molar-refractivity contribution in [3.05, 3.63) is 54.4 Å². The lowest BCUT2D eigenvalue weighted by Gasteiger charge is -2.36. The van der Waals surface area contributed by atoms with Crippen molar-refractivity contribution in [3.8, 4) is 17.1 Å². The lowest BCUT2D eigenvalue weighted by Crippen LogP contribution is -2.50. The molecule has 3 aromatic rings. The number of aromatic nitrogens is 4. The van der Waals surface area contributed by atoms with Crippen molar-refractivity contribution in [3.63, 3.8) is 0 Å². The summed E-state index contributed by atoms with van der Waals surface area (Å²) in [6.45, 7) is 3.92. The van der Waals surface area contributed by atoms with E-state index >= 15 is 0 Å². The fourth-order valence-corrected chi connectivity index (χ4v) is 4.26. The first-order valence-corrected chi connectivity index (χ1v) is 12.0. The first-order chi connectivity index (χ1) is 17.5. The molecule has 11 heteroatoms. The number of anilines is 2. The lowest BCUT2D eigenvalue weighted by molar-refractivity contribution is -0.131. The second kappa shape index (κ2) is 10.4. The minimum Gasteiger partial charge on any atom is -0.474 e. The number of nitrogens with one attached hydrogen (secondary N) is 1. The number of ether oxygens (including phenoxy) is 2. The van der Waals surface area contributed by atoms with E-state index in [9.17, 15) is 9.90 Å². The molecule has 2 atom stereocenters. The monoisotopic (exact) mass is 491 g/mol. The van der Waals surface area contributed by atoms with Gasteiger partial charge in [0.05, 0.1) is 24.9 Å². The fraction of sp³-hybridized carbons (Fsp3) is 0.400. The van der Waals surface area contributed by atoms with Crippen LogP contribution in [0.3, 0.4) is 0 Å². The number of morpholine rings is 1. The van der Waals surface area contributed by atoms with Gasteiger partial charge in [-0.15, -0.1) is 0 Å². The van der Waals surface area contributed by atoms with Crippen LogP contribution < -0.4 is 20.7 Å². The molecular formula is C25H29N7O4. The van der Waals surface area contributed by atoms with E-state index in [1.54, 1.807) is 42.7 Å². The number of benzene rings is 1. The normalized spacial score (nSPS) is 22.4. The summed E-state index contributed by atoms with van der Waals surface area (Å²) >= 11 is 0. The molecule has 1 saturated heterocycles. The zero-order chi connectivity index (χ0) is 25.1. The second-order valence-corrected chi connectivity index (χ2v) is 9.07. The van der Waals surface area contributed by atoms with Crippen LogP contribution in [-0.2, 0) is 9.53 Å². The fourth-order valence-electron chi connectivity index (χ4n) is 4.26. The number of carbonyl (C=O) groups is 1. The number of nitrogen functional groups attached to an aromatic ring is 1. The Morgan fingerprint density at radius 1 is 1.22 bits per heavy atom. The van der Waals surface area contributed by atoms with E-state index in [2.05, 4.69) is 32.1 Å². The Kier molecular flexibility index (Phi) is 6.92. The number of aliphatic hydroxyl groups is 1. The van der Waals surface area contributed by atoms with Crippen LogP contribution in [0, 0.1) is 0 Å². The molecule has 188 valence electrons. The average molecular weight is 492 g/mol. The number of nitrogens with zero attached hydrogens (tertiary/aromatic N) is 5. The van der Waals surface area contributed by atoms with Crippen molar-refractivity contribution in [2.24, 2.45) is 0 Å². The highest BCUT2D eigenvalue weighted by Crippen LogP contribution is 2.30. The molecule has 1 aromatic carbocycles. The number of hydrogen-bond acceptors (Lipinski definition) is 10. The number of nitrogens with two attached hydrogens (primary N) is 1. The van der Waals surface area contributed by atoms with E-state index in [1.807, 2.05) is 6.07 Å². The summed E-state index contributed by atoms with van der Waals surface area (Å²) in [7, 11) is 0. The Morgan fingerprint density at radius 2 is 1.97 bits per heavy atom. The van der Waals surface area contributed by atoms with Gasteiger partial charge >= 0.3 is 0 Å². The molecule has 36 heavy (non-hydrogen) atoms. The molecule has 0 bridgehead atoms. The predicted molar refractivity (Wildman–Crippen MR) is 132 cm³/mol. The van der Waals surface area contributed by atoms with Crippen LogP contribution in [0.1, 0.15) is 31.4 Å². The third kappa shape index (κ3) is 5.37. The second-order valence-electron chi connectivity index (χ2n) is 9.07. The van der Waals surface area contributed by atoms with Crippen molar-refractivity contribution in [2.75, 3.05) is 30.4 Å². The van der Waals surface area contributed by atoms with Crippen LogP contribution in [0.15, 0.2) is 48.8 Å². The zero-order valence-electron chi connectivity index (χ0n) is 19.9. The van der Waals surface area contributed by atoms with E-state index < -0.39 is 12.0 Å². The number of amides is 1. The van der Waals surface area contributed by atoms with Gasteiger partial charge in [0.1, 0.15) is 6.10 Å². The molecular weight excluding hydrogens is 462 g/mol. The van der Waals surface area contributed by atoms with Gasteiger partial charge in [0.15, 0.2) is 6.10 Å². The van der Waals surface area contributed by atoms with Crippen molar-refractivity contribution >= 4 is 17.8 Å². The molecule has 5 rings (SSSR count). The Hall–Kier alpha value is -3.83. The molecule has 1 saturated carbocycles. The van der Waals surface area contributed by atoms with Gasteiger partial charge in [0.2, 0.25) is 17.8 Å². The number of aliphatic hydroxyl groups excluding tert-OH is 1. The smallest absolute Gasteiger partial charge is 0.253 e. The molecule has 0 radical (unpaired) electrons. The average Bonchev–Trinajstić information content (AvgIpc) is 2.88. The zero-order valence-corrected chi connectivity index (χ0v) is 19.9. The Bertz CT molecular complexity index is 1190.